The quantitative estimate of drug-likeness (QED) is 0.222. The number of nitrogens with zero attached hydrogens (tertiary/aromatic N) is 2. The SMILES string of the molecule is Cc1ccc(S(=O)(=O)OC(=CC2CCCC2)c2cc3cc(F)cnc3n2S(=O)(=O)c2ccccc2)cc1. The predicted octanol–water partition coefficient (Wildman–Crippen LogP) is 5.66. The van der Waals surface area contributed by atoms with Gasteiger partial charge in [0.15, 0.2) is 11.4 Å². The number of hydrogen-bond acceptors (Lipinski definition) is 6. The number of aromatic nitrogens is 2. The number of fused-ring (bicyclic) bond motifs is 1. The van der Waals surface area contributed by atoms with Crippen LogP contribution in [0.1, 0.15) is 36.9 Å². The first-order valence-electron chi connectivity index (χ1n) is 11.9. The number of aryl methyl sites for hydroxylation is 1. The van der Waals surface area contributed by atoms with E-state index in [-0.39, 0.29) is 38.2 Å². The Morgan fingerprint density at radius 2 is 1.65 bits per heavy atom. The molecule has 5 rings (SSSR count). The van der Waals surface area contributed by atoms with Crippen molar-refractivity contribution in [2.45, 2.75) is 42.4 Å². The van der Waals surface area contributed by atoms with Crippen LogP contribution in [0.3, 0.4) is 0 Å². The Hall–Kier alpha value is -3.50. The van der Waals surface area contributed by atoms with E-state index in [1.807, 2.05) is 6.92 Å². The maximum atomic E-state index is 14.1. The van der Waals surface area contributed by atoms with Crippen molar-refractivity contribution < 1.29 is 25.4 Å². The summed E-state index contributed by atoms with van der Waals surface area (Å²) in [7, 11) is -8.56. The van der Waals surface area contributed by atoms with Crippen LogP contribution in [0, 0.1) is 18.7 Å². The Morgan fingerprint density at radius 1 is 0.973 bits per heavy atom. The zero-order valence-electron chi connectivity index (χ0n) is 20.0. The molecule has 1 saturated carbocycles. The van der Waals surface area contributed by atoms with Gasteiger partial charge in [0.25, 0.3) is 10.0 Å². The average molecular weight is 541 g/mol. The van der Waals surface area contributed by atoms with E-state index >= 15 is 0 Å². The highest BCUT2D eigenvalue weighted by Gasteiger charge is 2.30. The van der Waals surface area contributed by atoms with Crippen molar-refractivity contribution >= 4 is 36.9 Å². The van der Waals surface area contributed by atoms with Crippen molar-refractivity contribution in [1.82, 2.24) is 8.96 Å². The van der Waals surface area contributed by atoms with E-state index in [9.17, 15) is 21.2 Å². The highest BCUT2D eigenvalue weighted by molar-refractivity contribution is 7.90. The van der Waals surface area contributed by atoms with Crippen LogP contribution in [0.5, 0.6) is 0 Å². The van der Waals surface area contributed by atoms with Gasteiger partial charge in [0, 0.05) is 5.39 Å². The molecule has 0 atom stereocenters. The summed E-state index contributed by atoms with van der Waals surface area (Å²) in [4.78, 5) is 3.96. The third kappa shape index (κ3) is 5.03. The molecule has 1 aliphatic carbocycles. The molecule has 1 fully saturated rings. The Kier molecular flexibility index (Phi) is 6.63. The van der Waals surface area contributed by atoms with Crippen molar-refractivity contribution in [1.29, 1.82) is 0 Å². The minimum absolute atomic E-state index is 0.00111. The number of allylic oxidation sites excluding steroid dienone is 1. The fraction of sp³-hybridized carbons (Fsp3) is 0.222. The van der Waals surface area contributed by atoms with Crippen molar-refractivity contribution in [3.8, 4) is 0 Å². The maximum absolute atomic E-state index is 14.1. The topological polar surface area (TPSA) is 95.3 Å². The first-order chi connectivity index (χ1) is 17.6. The molecule has 0 unspecified atom stereocenters. The monoisotopic (exact) mass is 540 g/mol. The van der Waals surface area contributed by atoms with Crippen LogP contribution in [0.2, 0.25) is 0 Å². The van der Waals surface area contributed by atoms with E-state index in [1.165, 1.54) is 30.3 Å². The maximum Gasteiger partial charge on any atom is 0.339 e. The summed E-state index contributed by atoms with van der Waals surface area (Å²) in [5.74, 6) is -0.785. The fourth-order valence-corrected chi connectivity index (χ4v) is 6.96. The number of hydrogen-bond donors (Lipinski definition) is 0. The van der Waals surface area contributed by atoms with Gasteiger partial charge in [-0.15, -0.1) is 0 Å². The van der Waals surface area contributed by atoms with Crippen molar-refractivity contribution in [2.24, 2.45) is 5.92 Å². The smallest absolute Gasteiger partial charge is 0.339 e. The number of rotatable bonds is 7. The predicted molar refractivity (Wildman–Crippen MR) is 138 cm³/mol. The molecule has 2 aromatic carbocycles. The van der Waals surface area contributed by atoms with E-state index in [1.54, 1.807) is 36.4 Å². The highest BCUT2D eigenvalue weighted by atomic mass is 32.2. The van der Waals surface area contributed by atoms with E-state index < -0.39 is 26.0 Å². The molecular formula is C27H25FN2O5S2. The first-order valence-corrected chi connectivity index (χ1v) is 14.7. The van der Waals surface area contributed by atoms with Gasteiger partial charge in [-0.25, -0.2) is 21.8 Å². The zero-order valence-corrected chi connectivity index (χ0v) is 21.7. The summed E-state index contributed by atoms with van der Waals surface area (Å²) in [5.41, 5.74) is 0.802. The Morgan fingerprint density at radius 3 is 2.32 bits per heavy atom. The summed E-state index contributed by atoms with van der Waals surface area (Å²) in [5, 5.41) is 0.197. The minimum Gasteiger partial charge on any atom is -0.377 e. The third-order valence-electron chi connectivity index (χ3n) is 6.40. The summed E-state index contributed by atoms with van der Waals surface area (Å²) >= 11 is 0. The Bertz CT molecular complexity index is 1690. The van der Waals surface area contributed by atoms with Gasteiger partial charge in [-0.2, -0.15) is 8.42 Å². The fourth-order valence-electron chi connectivity index (χ4n) is 4.52. The Labute approximate surface area is 215 Å². The van der Waals surface area contributed by atoms with Crippen LogP contribution in [0.15, 0.2) is 88.8 Å². The van der Waals surface area contributed by atoms with Gasteiger partial charge in [0.2, 0.25) is 0 Å². The molecule has 0 bridgehead atoms. The molecule has 7 nitrogen and oxygen atoms in total. The minimum atomic E-state index is -4.31. The van der Waals surface area contributed by atoms with Crippen LogP contribution < -0.4 is 0 Å². The molecule has 10 heteroatoms. The second kappa shape index (κ2) is 9.75. The van der Waals surface area contributed by atoms with E-state index in [4.69, 9.17) is 4.18 Å². The lowest BCUT2D eigenvalue weighted by Crippen LogP contribution is -2.18. The van der Waals surface area contributed by atoms with E-state index in [2.05, 4.69) is 4.98 Å². The molecule has 0 radical (unpaired) electrons. The molecule has 0 amide bonds. The number of benzene rings is 2. The molecule has 37 heavy (non-hydrogen) atoms. The largest absolute Gasteiger partial charge is 0.377 e. The third-order valence-corrected chi connectivity index (χ3v) is 9.36. The molecule has 2 aromatic heterocycles. The van der Waals surface area contributed by atoms with Gasteiger partial charge in [-0.1, -0.05) is 48.7 Å². The summed E-state index contributed by atoms with van der Waals surface area (Å²) in [6.07, 6.45) is 6.16. The van der Waals surface area contributed by atoms with Gasteiger partial charge >= 0.3 is 10.1 Å². The summed E-state index contributed by atoms with van der Waals surface area (Å²) < 4.78 is 75.0. The second-order valence-electron chi connectivity index (χ2n) is 9.10. The van der Waals surface area contributed by atoms with Crippen molar-refractivity contribution in [3.63, 3.8) is 0 Å². The van der Waals surface area contributed by atoms with Gasteiger partial charge in [-0.3, -0.25) is 0 Å². The highest BCUT2D eigenvalue weighted by Crippen LogP contribution is 2.35. The second-order valence-corrected chi connectivity index (χ2v) is 12.4. The molecule has 0 N–H and O–H groups in total. The molecule has 2 heterocycles. The van der Waals surface area contributed by atoms with Crippen molar-refractivity contribution in [2.75, 3.05) is 0 Å². The summed E-state index contributed by atoms with van der Waals surface area (Å²) in [6, 6.07) is 16.4. The molecule has 4 aromatic rings. The van der Waals surface area contributed by atoms with Gasteiger partial charge in [-0.05, 0) is 68.2 Å². The van der Waals surface area contributed by atoms with E-state index in [0.717, 1.165) is 47.5 Å². The lowest BCUT2D eigenvalue weighted by molar-refractivity contribution is 0.457. The normalized spacial score (nSPS) is 15.4. The Balaban J connectivity index is 1.73. The molecule has 0 aliphatic heterocycles. The number of pyridine rings is 1. The zero-order chi connectivity index (χ0) is 26.2. The van der Waals surface area contributed by atoms with Crippen LogP contribution in [0.25, 0.3) is 16.8 Å². The van der Waals surface area contributed by atoms with Gasteiger partial charge < -0.3 is 4.18 Å². The summed E-state index contributed by atoms with van der Waals surface area (Å²) in [6.45, 7) is 1.84. The van der Waals surface area contributed by atoms with Crippen LogP contribution >= 0.6 is 0 Å². The molecule has 1 aliphatic rings. The van der Waals surface area contributed by atoms with Crippen LogP contribution in [-0.2, 0) is 24.3 Å². The first kappa shape index (κ1) is 25.2. The lowest BCUT2D eigenvalue weighted by Gasteiger charge is -2.16. The standard InChI is InChI=1S/C27H25FN2O5S2/c1-19-11-13-24(14-12-19)37(33,34)35-26(15-20-7-5-6-8-20)25-17-21-16-22(28)18-29-27(21)30(25)36(31,32)23-9-3-2-4-10-23/h2-4,9-18,20H,5-8H2,1H3. The molecule has 0 spiro atoms. The van der Waals surface area contributed by atoms with Gasteiger partial charge in [0.1, 0.15) is 16.4 Å². The molecule has 192 valence electrons. The lowest BCUT2D eigenvalue weighted by atomic mass is 10.1. The van der Waals surface area contributed by atoms with Crippen molar-refractivity contribution in [3.05, 3.63) is 96.1 Å². The molecular weight excluding hydrogens is 515 g/mol. The van der Waals surface area contributed by atoms with Crippen LogP contribution in [-0.4, -0.2) is 25.8 Å². The van der Waals surface area contributed by atoms with Gasteiger partial charge in [0.05, 0.1) is 11.1 Å². The van der Waals surface area contributed by atoms with E-state index in [0.29, 0.717) is 0 Å². The number of halogens is 1. The average Bonchev–Trinajstić information content (AvgIpc) is 3.52. The van der Waals surface area contributed by atoms with Crippen LogP contribution in [0.4, 0.5) is 4.39 Å². The molecule has 0 saturated heterocycles.